The molecule has 126 valence electrons. The Morgan fingerprint density at radius 2 is 2.29 bits per heavy atom. The zero-order valence-corrected chi connectivity index (χ0v) is 14.4. The Morgan fingerprint density at radius 1 is 1.42 bits per heavy atom. The zero-order valence-electron chi connectivity index (χ0n) is 13.6. The number of aryl methyl sites for hydroxylation is 1. The standard InChI is InChI=1S/C16H19N5O2S/c1-3-11(2)21-13(6-8-17-21)18-14(22)4-5-15-19-20-16(23-15)12-7-9-24-10-12/h6-11H,3-5H2,1-2H3,(H,18,22). The van der Waals surface area contributed by atoms with Crippen LogP contribution in [0, 0.1) is 0 Å². The van der Waals surface area contributed by atoms with Crippen molar-refractivity contribution in [2.75, 3.05) is 5.32 Å². The number of carbonyl (C=O) groups is 1. The Bertz CT molecular complexity index is 793. The predicted octanol–water partition coefficient (Wildman–Crippen LogP) is 3.54. The molecule has 1 unspecified atom stereocenters. The van der Waals surface area contributed by atoms with Gasteiger partial charge in [-0.2, -0.15) is 16.4 Å². The molecular formula is C16H19N5O2S. The van der Waals surface area contributed by atoms with Crippen LogP contribution in [0.4, 0.5) is 5.82 Å². The van der Waals surface area contributed by atoms with Crippen molar-refractivity contribution in [3.63, 3.8) is 0 Å². The maximum atomic E-state index is 12.1. The van der Waals surface area contributed by atoms with Gasteiger partial charge in [0, 0.05) is 29.9 Å². The van der Waals surface area contributed by atoms with Crippen LogP contribution in [0.25, 0.3) is 11.5 Å². The molecule has 0 aliphatic heterocycles. The highest BCUT2D eigenvalue weighted by Crippen LogP contribution is 2.21. The number of hydrogen-bond acceptors (Lipinski definition) is 6. The molecule has 1 N–H and O–H groups in total. The van der Waals surface area contributed by atoms with Gasteiger partial charge in [-0.1, -0.05) is 6.92 Å². The summed E-state index contributed by atoms with van der Waals surface area (Å²) in [6, 6.07) is 3.95. The Balaban J connectivity index is 1.56. The lowest BCUT2D eigenvalue weighted by atomic mass is 10.2. The van der Waals surface area contributed by atoms with E-state index in [2.05, 4.69) is 34.5 Å². The minimum atomic E-state index is -0.102. The molecule has 0 radical (unpaired) electrons. The largest absolute Gasteiger partial charge is 0.421 e. The fourth-order valence-corrected chi connectivity index (χ4v) is 2.85. The number of carbonyl (C=O) groups excluding carboxylic acids is 1. The van der Waals surface area contributed by atoms with E-state index in [0.717, 1.165) is 12.0 Å². The summed E-state index contributed by atoms with van der Waals surface area (Å²) < 4.78 is 7.40. The maximum Gasteiger partial charge on any atom is 0.248 e. The molecule has 0 aromatic carbocycles. The molecule has 3 aromatic heterocycles. The lowest BCUT2D eigenvalue weighted by Crippen LogP contribution is -2.17. The Hall–Kier alpha value is -2.48. The first-order chi connectivity index (χ1) is 11.7. The van der Waals surface area contributed by atoms with Crippen LogP contribution >= 0.6 is 11.3 Å². The van der Waals surface area contributed by atoms with Crippen LogP contribution in [0.1, 0.15) is 38.6 Å². The lowest BCUT2D eigenvalue weighted by Gasteiger charge is -2.13. The molecule has 8 heteroatoms. The first-order valence-corrected chi connectivity index (χ1v) is 8.80. The van der Waals surface area contributed by atoms with Crippen molar-refractivity contribution in [1.82, 2.24) is 20.0 Å². The van der Waals surface area contributed by atoms with Crippen molar-refractivity contribution < 1.29 is 9.21 Å². The number of nitrogens with one attached hydrogen (secondary N) is 1. The van der Waals surface area contributed by atoms with Gasteiger partial charge in [0.1, 0.15) is 5.82 Å². The second-order valence-electron chi connectivity index (χ2n) is 5.48. The molecule has 0 aliphatic carbocycles. The number of amides is 1. The van der Waals surface area contributed by atoms with E-state index in [0.29, 0.717) is 24.0 Å². The number of rotatable bonds is 7. The Morgan fingerprint density at radius 3 is 3.04 bits per heavy atom. The molecule has 1 atom stereocenters. The number of aromatic nitrogens is 4. The van der Waals surface area contributed by atoms with E-state index < -0.39 is 0 Å². The second-order valence-corrected chi connectivity index (χ2v) is 6.26. The van der Waals surface area contributed by atoms with Gasteiger partial charge in [0.05, 0.1) is 12.2 Å². The SMILES string of the molecule is CCC(C)n1nccc1NC(=O)CCc1nnc(-c2ccsc2)o1. The second kappa shape index (κ2) is 7.39. The van der Waals surface area contributed by atoms with Gasteiger partial charge in [-0.3, -0.25) is 4.79 Å². The summed E-state index contributed by atoms with van der Waals surface area (Å²) in [4.78, 5) is 12.1. The van der Waals surface area contributed by atoms with Crippen molar-refractivity contribution in [1.29, 1.82) is 0 Å². The molecule has 0 spiro atoms. The summed E-state index contributed by atoms with van der Waals surface area (Å²) >= 11 is 1.57. The van der Waals surface area contributed by atoms with Crippen LogP contribution < -0.4 is 5.32 Å². The molecular weight excluding hydrogens is 326 g/mol. The van der Waals surface area contributed by atoms with E-state index in [-0.39, 0.29) is 18.4 Å². The van der Waals surface area contributed by atoms with E-state index in [1.54, 1.807) is 23.6 Å². The van der Waals surface area contributed by atoms with Gasteiger partial charge < -0.3 is 9.73 Å². The van der Waals surface area contributed by atoms with Gasteiger partial charge in [0.25, 0.3) is 0 Å². The number of thiophene rings is 1. The third-order valence-corrected chi connectivity index (χ3v) is 4.43. The minimum Gasteiger partial charge on any atom is -0.421 e. The Kier molecular flexibility index (Phi) is 5.05. The maximum absolute atomic E-state index is 12.1. The molecule has 0 fully saturated rings. The van der Waals surface area contributed by atoms with Crippen LogP contribution in [0.15, 0.2) is 33.5 Å². The van der Waals surface area contributed by atoms with Crippen LogP contribution in [-0.4, -0.2) is 25.9 Å². The number of nitrogens with zero attached hydrogens (tertiary/aromatic N) is 4. The summed E-state index contributed by atoms with van der Waals surface area (Å²) in [5.74, 6) is 1.55. The van der Waals surface area contributed by atoms with Crippen LogP contribution in [0.2, 0.25) is 0 Å². The van der Waals surface area contributed by atoms with Crippen molar-refractivity contribution in [3.05, 3.63) is 35.0 Å². The van der Waals surface area contributed by atoms with Crippen molar-refractivity contribution in [2.24, 2.45) is 0 Å². The summed E-state index contributed by atoms with van der Waals surface area (Å²) in [5.41, 5.74) is 0.903. The summed E-state index contributed by atoms with van der Waals surface area (Å²) in [7, 11) is 0. The van der Waals surface area contributed by atoms with Crippen molar-refractivity contribution >= 4 is 23.1 Å². The van der Waals surface area contributed by atoms with Gasteiger partial charge in [0.2, 0.25) is 17.7 Å². The smallest absolute Gasteiger partial charge is 0.248 e. The third-order valence-electron chi connectivity index (χ3n) is 3.75. The first kappa shape index (κ1) is 16.4. The Labute approximate surface area is 143 Å². The lowest BCUT2D eigenvalue weighted by molar-refractivity contribution is -0.116. The van der Waals surface area contributed by atoms with E-state index >= 15 is 0 Å². The normalized spacial score (nSPS) is 12.2. The average Bonchev–Trinajstić information content (AvgIpc) is 3.32. The summed E-state index contributed by atoms with van der Waals surface area (Å²) in [5, 5.41) is 19.0. The van der Waals surface area contributed by atoms with E-state index in [9.17, 15) is 4.79 Å². The van der Waals surface area contributed by atoms with E-state index in [1.165, 1.54) is 0 Å². The fourth-order valence-electron chi connectivity index (χ4n) is 2.22. The number of anilines is 1. The molecule has 0 saturated carbocycles. The van der Waals surface area contributed by atoms with Gasteiger partial charge in [-0.05, 0) is 24.8 Å². The molecule has 3 aromatic rings. The molecule has 0 saturated heterocycles. The average molecular weight is 345 g/mol. The van der Waals surface area contributed by atoms with Gasteiger partial charge in [0.15, 0.2) is 0 Å². The van der Waals surface area contributed by atoms with Crippen LogP contribution in [0.5, 0.6) is 0 Å². The van der Waals surface area contributed by atoms with Gasteiger partial charge in [-0.25, -0.2) is 4.68 Å². The van der Waals surface area contributed by atoms with Crippen LogP contribution in [-0.2, 0) is 11.2 Å². The van der Waals surface area contributed by atoms with Gasteiger partial charge in [-0.15, -0.1) is 10.2 Å². The van der Waals surface area contributed by atoms with E-state index in [1.807, 2.05) is 21.5 Å². The van der Waals surface area contributed by atoms with Crippen molar-refractivity contribution in [3.8, 4) is 11.5 Å². The quantitative estimate of drug-likeness (QED) is 0.708. The first-order valence-electron chi connectivity index (χ1n) is 7.85. The highest BCUT2D eigenvalue weighted by atomic mass is 32.1. The highest BCUT2D eigenvalue weighted by Gasteiger charge is 2.13. The molecule has 7 nitrogen and oxygen atoms in total. The summed E-state index contributed by atoms with van der Waals surface area (Å²) in [6.45, 7) is 4.14. The molecule has 3 rings (SSSR count). The molecule has 0 aliphatic rings. The minimum absolute atomic E-state index is 0.102. The van der Waals surface area contributed by atoms with Gasteiger partial charge >= 0.3 is 0 Å². The molecule has 1 amide bonds. The highest BCUT2D eigenvalue weighted by molar-refractivity contribution is 7.08. The van der Waals surface area contributed by atoms with Crippen molar-refractivity contribution in [2.45, 2.75) is 39.2 Å². The summed E-state index contributed by atoms with van der Waals surface area (Å²) in [6.07, 6.45) is 3.31. The molecule has 24 heavy (non-hydrogen) atoms. The third kappa shape index (κ3) is 3.70. The van der Waals surface area contributed by atoms with Crippen LogP contribution in [0.3, 0.4) is 0 Å². The fraction of sp³-hybridized carbons (Fsp3) is 0.375. The topological polar surface area (TPSA) is 85.8 Å². The molecule has 0 bridgehead atoms. The zero-order chi connectivity index (χ0) is 16.9. The molecule has 3 heterocycles. The predicted molar refractivity (Wildman–Crippen MR) is 91.8 cm³/mol. The monoisotopic (exact) mass is 345 g/mol. The number of hydrogen-bond donors (Lipinski definition) is 1. The van der Waals surface area contributed by atoms with E-state index in [4.69, 9.17) is 4.42 Å².